The second kappa shape index (κ2) is 5.01. The van der Waals surface area contributed by atoms with Crippen molar-refractivity contribution in [2.24, 2.45) is 0 Å². The maximum atomic E-state index is 11.5. The molecule has 2 amide bonds. The van der Waals surface area contributed by atoms with Gasteiger partial charge in [0.25, 0.3) is 5.91 Å². The molecule has 0 bridgehead atoms. The molecule has 1 aromatic heterocycles. The minimum absolute atomic E-state index is 0.0601. The van der Waals surface area contributed by atoms with E-state index in [4.69, 9.17) is 9.52 Å². The monoisotopic (exact) mass is 238 g/mol. The van der Waals surface area contributed by atoms with Crippen LogP contribution in [0.2, 0.25) is 0 Å². The lowest BCUT2D eigenvalue weighted by Gasteiger charge is -2.35. The van der Waals surface area contributed by atoms with E-state index in [0.29, 0.717) is 13.1 Å². The van der Waals surface area contributed by atoms with Gasteiger partial charge in [-0.2, -0.15) is 0 Å². The van der Waals surface area contributed by atoms with Gasteiger partial charge in [0.15, 0.2) is 5.76 Å². The van der Waals surface area contributed by atoms with Crippen LogP contribution in [0.5, 0.6) is 0 Å². The van der Waals surface area contributed by atoms with E-state index in [-0.39, 0.29) is 30.5 Å². The van der Waals surface area contributed by atoms with Gasteiger partial charge in [-0.05, 0) is 12.1 Å². The number of aliphatic hydroxyl groups is 1. The fourth-order valence-electron chi connectivity index (χ4n) is 1.59. The molecule has 1 fully saturated rings. The summed E-state index contributed by atoms with van der Waals surface area (Å²) in [6.07, 6.45) is 1.26. The van der Waals surface area contributed by atoms with Gasteiger partial charge in [-0.25, -0.2) is 0 Å². The zero-order valence-corrected chi connectivity index (χ0v) is 9.26. The van der Waals surface area contributed by atoms with Crippen molar-refractivity contribution in [2.75, 3.05) is 19.6 Å². The fraction of sp³-hybridized carbons (Fsp3) is 0.455. The van der Waals surface area contributed by atoms with Crippen LogP contribution in [0, 0.1) is 0 Å². The lowest BCUT2D eigenvalue weighted by Crippen LogP contribution is -2.53. The summed E-state index contributed by atoms with van der Waals surface area (Å²) in [6, 6.07) is 3.18. The lowest BCUT2D eigenvalue weighted by molar-refractivity contribution is -0.141. The van der Waals surface area contributed by atoms with Gasteiger partial charge in [-0.1, -0.05) is 0 Å². The Kier molecular flexibility index (Phi) is 3.43. The van der Waals surface area contributed by atoms with E-state index in [9.17, 15) is 9.59 Å². The molecule has 6 heteroatoms. The highest BCUT2D eigenvalue weighted by atomic mass is 16.3. The molecule has 1 aliphatic heterocycles. The number of nitrogens with zero attached hydrogens (tertiary/aromatic N) is 1. The minimum atomic E-state index is -0.392. The van der Waals surface area contributed by atoms with Crippen LogP contribution in [-0.4, -0.2) is 47.6 Å². The predicted octanol–water partition coefficient (Wildman–Crippen LogP) is -0.397. The number of carbonyl (C=O) groups is 2. The Bertz CT molecular complexity index is 396. The number of hydrogen-bond donors (Lipinski definition) is 2. The number of nitrogens with one attached hydrogen (secondary N) is 1. The summed E-state index contributed by atoms with van der Waals surface area (Å²) in [7, 11) is 0. The van der Waals surface area contributed by atoms with Crippen LogP contribution < -0.4 is 5.32 Å². The van der Waals surface area contributed by atoms with E-state index >= 15 is 0 Å². The molecule has 1 aromatic rings. The van der Waals surface area contributed by atoms with Crippen LogP contribution >= 0.6 is 0 Å². The van der Waals surface area contributed by atoms with Crippen LogP contribution in [0.3, 0.4) is 0 Å². The maximum Gasteiger partial charge on any atom is 0.286 e. The number of β-amino-alcohol motifs (C(OH)–C–C–N with tert-alkyl or cyclic N) is 1. The van der Waals surface area contributed by atoms with Crippen molar-refractivity contribution in [3.8, 4) is 0 Å². The van der Waals surface area contributed by atoms with Gasteiger partial charge < -0.3 is 19.7 Å². The van der Waals surface area contributed by atoms with Crippen LogP contribution in [0.4, 0.5) is 0 Å². The molecular formula is C11H14N2O4. The van der Waals surface area contributed by atoms with Crippen molar-refractivity contribution >= 4 is 11.8 Å². The van der Waals surface area contributed by atoms with Gasteiger partial charge in [-0.15, -0.1) is 0 Å². The predicted molar refractivity (Wildman–Crippen MR) is 58.2 cm³/mol. The second-order valence-corrected chi connectivity index (χ2v) is 3.94. The molecule has 0 radical (unpaired) electrons. The molecule has 6 nitrogen and oxygen atoms in total. The first kappa shape index (κ1) is 11.7. The van der Waals surface area contributed by atoms with Crippen LogP contribution in [0.1, 0.15) is 17.0 Å². The Labute approximate surface area is 98.2 Å². The molecule has 2 rings (SSSR count). The fourth-order valence-corrected chi connectivity index (χ4v) is 1.59. The number of rotatable bonds is 4. The summed E-state index contributed by atoms with van der Waals surface area (Å²) in [6.45, 7) is 1.06. The first-order chi connectivity index (χ1) is 8.16. The molecule has 92 valence electrons. The third-order valence-electron chi connectivity index (χ3n) is 2.58. The third kappa shape index (κ3) is 2.85. The van der Waals surface area contributed by atoms with E-state index < -0.39 is 6.10 Å². The Morgan fingerprint density at radius 1 is 1.53 bits per heavy atom. The second-order valence-electron chi connectivity index (χ2n) is 3.94. The van der Waals surface area contributed by atoms with Crippen molar-refractivity contribution in [2.45, 2.75) is 12.5 Å². The molecule has 2 heterocycles. The summed E-state index contributed by atoms with van der Waals surface area (Å²) in [4.78, 5) is 24.5. The first-order valence-corrected chi connectivity index (χ1v) is 5.44. The number of aliphatic hydroxyl groups excluding tert-OH is 1. The van der Waals surface area contributed by atoms with Crippen molar-refractivity contribution in [1.29, 1.82) is 0 Å². The Morgan fingerprint density at radius 3 is 2.88 bits per heavy atom. The molecule has 1 aliphatic rings. The van der Waals surface area contributed by atoms with Crippen LogP contribution in [0.25, 0.3) is 0 Å². The molecule has 0 saturated carbocycles. The summed E-state index contributed by atoms with van der Waals surface area (Å²) < 4.78 is 4.91. The number of furan rings is 1. The van der Waals surface area contributed by atoms with Gasteiger partial charge in [0.1, 0.15) is 0 Å². The minimum Gasteiger partial charge on any atom is -0.459 e. The van der Waals surface area contributed by atoms with Gasteiger partial charge in [0, 0.05) is 26.1 Å². The molecule has 0 aliphatic carbocycles. The molecule has 17 heavy (non-hydrogen) atoms. The highest BCUT2D eigenvalue weighted by molar-refractivity contribution is 5.91. The smallest absolute Gasteiger partial charge is 0.286 e. The highest BCUT2D eigenvalue weighted by Gasteiger charge is 2.28. The zero-order chi connectivity index (χ0) is 12.3. The van der Waals surface area contributed by atoms with E-state index in [1.165, 1.54) is 6.26 Å². The van der Waals surface area contributed by atoms with Crippen molar-refractivity contribution in [3.63, 3.8) is 0 Å². The third-order valence-corrected chi connectivity index (χ3v) is 2.58. The normalized spacial score (nSPS) is 15.5. The van der Waals surface area contributed by atoms with Crippen molar-refractivity contribution in [1.82, 2.24) is 10.2 Å². The molecule has 0 aromatic carbocycles. The quantitative estimate of drug-likeness (QED) is 0.748. The average molecular weight is 238 g/mol. The van der Waals surface area contributed by atoms with Crippen molar-refractivity contribution < 1.29 is 19.1 Å². The maximum absolute atomic E-state index is 11.5. The number of hydrogen-bond acceptors (Lipinski definition) is 4. The van der Waals surface area contributed by atoms with Gasteiger partial charge in [0.2, 0.25) is 5.91 Å². The molecule has 1 saturated heterocycles. The first-order valence-electron chi connectivity index (χ1n) is 5.44. The summed E-state index contributed by atoms with van der Waals surface area (Å²) in [5.74, 6) is -0.154. The Balaban J connectivity index is 1.66. The van der Waals surface area contributed by atoms with Crippen LogP contribution in [0.15, 0.2) is 22.8 Å². The molecular weight excluding hydrogens is 224 g/mol. The number of amides is 2. The highest BCUT2D eigenvalue weighted by Crippen LogP contribution is 2.08. The molecule has 0 atom stereocenters. The molecule has 0 spiro atoms. The average Bonchev–Trinajstić information content (AvgIpc) is 2.77. The summed E-state index contributed by atoms with van der Waals surface area (Å²) >= 11 is 0. The SMILES string of the molecule is O=C(NCCC(=O)N1CC(O)C1)c1ccco1. The molecule has 0 unspecified atom stereocenters. The number of likely N-dealkylation sites (tertiary alicyclic amines) is 1. The summed E-state index contributed by atoms with van der Waals surface area (Å²) in [5, 5.41) is 11.6. The number of carbonyl (C=O) groups excluding carboxylic acids is 2. The van der Waals surface area contributed by atoms with Gasteiger partial charge >= 0.3 is 0 Å². The van der Waals surface area contributed by atoms with Crippen LogP contribution in [-0.2, 0) is 4.79 Å². The zero-order valence-electron chi connectivity index (χ0n) is 9.26. The standard InChI is InChI=1S/C11H14N2O4/c14-8-6-13(7-8)10(15)3-4-12-11(16)9-2-1-5-17-9/h1-2,5,8,14H,3-4,6-7H2,(H,12,16). The van der Waals surface area contributed by atoms with E-state index in [1.807, 2.05) is 0 Å². The van der Waals surface area contributed by atoms with E-state index in [1.54, 1.807) is 17.0 Å². The van der Waals surface area contributed by atoms with E-state index in [0.717, 1.165) is 0 Å². The lowest BCUT2D eigenvalue weighted by atomic mass is 10.1. The summed E-state index contributed by atoms with van der Waals surface area (Å²) in [5.41, 5.74) is 0. The largest absolute Gasteiger partial charge is 0.459 e. The van der Waals surface area contributed by atoms with Gasteiger partial charge in [0.05, 0.1) is 12.4 Å². The van der Waals surface area contributed by atoms with E-state index in [2.05, 4.69) is 5.32 Å². The van der Waals surface area contributed by atoms with Gasteiger partial charge in [-0.3, -0.25) is 9.59 Å². The Morgan fingerprint density at radius 2 is 2.29 bits per heavy atom. The Hall–Kier alpha value is -1.82. The van der Waals surface area contributed by atoms with Crippen molar-refractivity contribution in [3.05, 3.63) is 24.2 Å². The molecule has 2 N–H and O–H groups in total. The topological polar surface area (TPSA) is 82.8 Å².